The topological polar surface area (TPSA) is 106 Å². The van der Waals surface area contributed by atoms with E-state index in [0.717, 1.165) is 0 Å². The summed E-state index contributed by atoms with van der Waals surface area (Å²) in [5.41, 5.74) is -1.08. The first-order valence-electron chi connectivity index (χ1n) is 6.85. The second-order valence-electron chi connectivity index (χ2n) is 5.34. The van der Waals surface area contributed by atoms with Gasteiger partial charge >= 0.3 is 5.69 Å². The number of aliphatic hydroxyl groups is 1. The highest BCUT2D eigenvalue weighted by Gasteiger charge is 2.45. The molecule has 118 valence electrons. The Morgan fingerprint density at radius 1 is 1.52 bits per heavy atom. The van der Waals surface area contributed by atoms with E-state index in [1.165, 1.54) is 23.9 Å². The number of aromatic nitrogens is 2. The molecule has 0 saturated carbocycles. The van der Waals surface area contributed by atoms with Crippen molar-refractivity contribution in [3.8, 4) is 0 Å². The fraction of sp³-hybridized carbons (Fsp3) is 0.692. The fourth-order valence-electron chi connectivity index (χ4n) is 2.35. The van der Waals surface area contributed by atoms with Crippen LogP contribution in [0.15, 0.2) is 21.9 Å². The molecule has 3 N–H and O–H groups in total. The molecule has 0 radical (unpaired) electrons. The van der Waals surface area contributed by atoms with E-state index in [2.05, 4.69) is 10.3 Å². The summed E-state index contributed by atoms with van der Waals surface area (Å²) in [6.45, 7) is 4.41. The van der Waals surface area contributed by atoms with Gasteiger partial charge in [-0.3, -0.25) is 14.3 Å². The Kier molecular flexibility index (Phi) is 4.94. The molecule has 0 aliphatic carbocycles. The molecule has 0 aromatic carbocycles. The number of ether oxygens (including phenoxy) is 2. The minimum absolute atomic E-state index is 0.247. The zero-order valence-electron chi connectivity index (χ0n) is 12.3. The van der Waals surface area contributed by atoms with Crippen LogP contribution in [0.5, 0.6) is 0 Å². The van der Waals surface area contributed by atoms with Gasteiger partial charge in [-0.15, -0.1) is 0 Å². The van der Waals surface area contributed by atoms with Crippen LogP contribution in [0.2, 0.25) is 0 Å². The van der Waals surface area contributed by atoms with Gasteiger partial charge in [-0.1, -0.05) is 13.8 Å². The Hall–Kier alpha value is -1.48. The summed E-state index contributed by atoms with van der Waals surface area (Å²) in [5.74, 6) is 0. The van der Waals surface area contributed by atoms with E-state index in [0.29, 0.717) is 6.54 Å². The largest absolute Gasteiger partial charge is 0.387 e. The summed E-state index contributed by atoms with van der Waals surface area (Å²) >= 11 is 0. The van der Waals surface area contributed by atoms with Crippen LogP contribution in [0.25, 0.3) is 0 Å². The number of H-pyrrole nitrogens is 1. The van der Waals surface area contributed by atoms with E-state index < -0.39 is 35.8 Å². The first-order chi connectivity index (χ1) is 9.93. The van der Waals surface area contributed by atoms with Crippen molar-refractivity contribution in [2.75, 3.05) is 13.7 Å². The summed E-state index contributed by atoms with van der Waals surface area (Å²) in [6, 6.07) is 1.47. The zero-order chi connectivity index (χ0) is 15.6. The van der Waals surface area contributed by atoms with Crippen LogP contribution in [-0.4, -0.2) is 52.7 Å². The minimum atomic E-state index is -0.870. The average Bonchev–Trinajstić information content (AvgIpc) is 2.72. The number of aliphatic hydroxyl groups excluding tert-OH is 1. The van der Waals surface area contributed by atoms with Crippen molar-refractivity contribution in [2.45, 2.75) is 44.4 Å². The molecular weight excluding hydrogens is 278 g/mol. The Balaban J connectivity index is 2.22. The molecule has 0 amide bonds. The fourth-order valence-corrected chi connectivity index (χ4v) is 2.35. The van der Waals surface area contributed by atoms with Gasteiger partial charge in [0.1, 0.15) is 18.3 Å². The molecule has 0 spiro atoms. The quantitative estimate of drug-likeness (QED) is 0.631. The van der Waals surface area contributed by atoms with E-state index in [-0.39, 0.29) is 6.04 Å². The van der Waals surface area contributed by atoms with Crippen LogP contribution in [0.4, 0.5) is 0 Å². The number of nitrogens with one attached hydrogen (secondary N) is 2. The van der Waals surface area contributed by atoms with Crippen LogP contribution >= 0.6 is 0 Å². The van der Waals surface area contributed by atoms with Gasteiger partial charge in [0.25, 0.3) is 5.56 Å². The van der Waals surface area contributed by atoms with Gasteiger partial charge in [-0.25, -0.2) is 4.79 Å². The Labute approximate surface area is 121 Å². The van der Waals surface area contributed by atoms with E-state index in [1.54, 1.807) is 0 Å². The predicted octanol–water partition coefficient (Wildman–Crippen LogP) is -1.19. The van der Waals surface area contributed by atoms with Crippen molar-refractivity contribution in [3.63, 3.8) is 0 Å². The smallest absolute Gasteiger partial charge is 0.330 e. The Bertz CT molecular complexity index is 582. The number of hydrogen-bond acceptors (Lipinski definition) is 6. The van der Waals surface area contributed by atoms with Gasteiger partial charge < -0.3 is 19.9 Å². The highest BCUT2D eigenvalue weighted by atomic mass is 16.6. The Morgan fingerprint density at radius 3 is 2.81 bits per heavy atom. The number of rotatable bonds is 5. The molecule has 0 unspecified atom stereocenters. The Morgan fingerprint density at radius 2 is 2.24 bits per heavy atom. The lowest BCUT2D eigenvalue weighted by Gasteiger charge is -2.19. The maximum absolute atomic E-state index is 11.8. The van der Waals surface area contributed by atoms with E-state index in [4.69, 9.17) is 9.47 Å². The molecule has 8 heteroatoms. The molecular formula is C13H21N3O5. The number of methoxy groups -OCH3 is 1. The third kappa shape index (κ3) is 3.41. The average molecular weight is 299 g/mol. The van der Waals surface area contributed by atoms with Gasteiger partial charge in [-0.05, 0) is 0 Å². The monoisotopic (exact) mass is 299 g/mol. The molecule has 1 saturated heterocycles. The summed E-state index contributed by atoms with van der Waals surface area (Å²) in [4.78, 5) is 25.1. The van der Waals surface area contributed by atoms with Crippen LogP contribution < -0.4 is 16.6 Å². The van der Waals surface area contributed by atoms with Gasteiger partial charge in [0.05, 0.1) is 0 Å². The van der Waals surface area contributed by atoms with Gasteiger partial charge in [0.2, 0.25) is 0 Å². The molecule has 1 aromatic rings. The number of hydrogen-bond donors (Lipinski definition) is 3. The van der Waals surface area contributed by atoms with Gasteiger partial charge in [-0.2, -0.15) is 0 Å². The van der Waals surface area contributed by atoms with Crippen molar-refractivity contribution in [1.82, 2.24) is 14.9 Å². The van der Waals surface area contributed by atoms with Gasteiger partial charge in [0.15, 0.2) is 6.23 Å². The van der Waals surface area contributed by atoms with E-state index in [9.17, 15) is 14.7 Å². The zero-order valence-corrected chi connectivity index (χ0v) is 12.3. The minimum Gasteiger partial charge on any atom is -0.387 e. The second kappa shape index (κ2) is 6.52. The normalized spacial score (nSPS) is 29.2. The van der Waals surface area contributed by atoms with Gasteiger partial charge in [0, 0.05) is 32.0 Å². The van der Waals surface area contributed by atoms with Crippen LogP contribution in [0.1, 0.15) is 20.1 Å². The number of aromatic amines is 1. The summed E-state index contributed by atoms with van der Waals surface area (Å²) in [5, 5.41) is 13.4. The molecule has 2 rings (SSSR count). The summed E-state index contributed by atoms with van der Waals surface area (Å²) in [6.07, 6.45) is -1.50. The molecule has 2 heterocycles. The molecule has 4 atom stereocenters. The molecule has 8 nitrogen and oxygen atoms in total. The van der Waals surface area contributed by atoms with Crippen molar-refractivity contribution < 1.29 is 14.6 Å². The first kappa shape index (κ1) is 15.9. The van der Waals surface area contributed by atoms with Crippen molar-refractivity contribution in [1.29, 1.82) is 0 Å². The lowest BCUT2D eigenvalue weighted by atomic mass is 10.1. The predicted molar refractivity (Wildman–Crippen MR) is 75.2 cm³/mol. The molecule has 1 aliphatic heterocycles. The highest BCUT2D eigenvalue weighted by Crippen LogP contribution is 2.30. The first-order valence-corrected chi connectivity index (χ1v) is 6.85. The van der Waals surface area contributed by atoms with E-state index in [1.807, 2.05) is 13.8 Å². The second-order valence-corrected chi connectivity index (χ2v) is 5.34. The molecule has 0 bridgehead atoms. The lowest BCUT2D eigenvalue weighted by molar-refractivity contribution is -0.0537. The molecule has 1 aliphatic rings. The SMILES string of the molecule is CO[C@H]1[C@@H](O)[C@H](CNC(C)C)O[C@@H]1n1ccc(=O)[nH]c1=O. The summed E-state index contributed by atoms with van der Waals surface area (Å²) < 4.78 is 12.2. The molecule has 1 fully saturated rings. The lowest BCUT2D eigenvalue weighted by Crippen LogP contribution is -2.41. The van der Waals surface area contributed by atoms with Crippen molar-refractivity contribution in [3.05, 3.63) is 33.1 Å². The maximum atomic E-state index is 11.8. The summed E-state index contributed by atoms with van der Waals surface area (Å²) in [7, 11) is 1.44. The third-order valence-electron chi connectivity index (χ3n) is 3.44. The van der Waals surface area contributed by atoms with Crippen LogP contribution in [-0.2, 0) is 9.47 Å². The third-order valence-corrected chi connectivity index (χ3v) is 3.44. The van der Waals surface area contributed by atoms with Crippen LogP contribution in [0.3, 0.4) is 0 Å². The van der Waals surface area contributed by atoms with Crippen molar-refractivity contribution in [2.24, 2.45) is 0 Å². The molecule has 21 heavy (non-hydrogen) atoms. The maximum Gasteiger partial charge on any atom is 0.330 e. The standard InChI is InChI=1S/C13H21N3O5/c1-7(2)14-6-8-10(18)11(20-3)12(21-8)16-5-4-9(17)15-13(16)19/h4-5,7-8,10-12,14,18H,6H2,1-3H3,(H,15,17,19)/t8-,10-,11-,12-/m0/s1. The highest BCUT2D eigenvalue weighted by molar-refractivity contribution is 4.94. The van der Waals surface area contributed by atoms with Crippen LogP contribution in [0, 0.1) is 0 Å². The van der Waals surface area contributed by atoms with Crippen molar-refractivity contribution >= 4 is 0 Å². The van der Waals surface area contributed by atoms with E-state index >= 15 is 0 Å². The number of nitrogens with zero attached hydrogens (tertiary/aromatic N) is 1. The molecule has 1 aromatic heterocycles.